The minimum absolute atomic E-state index is 0.313. The van der Waals surface area contributed by atoms with Crippen molar-refractivity contribution in [1.82, 2.24) is 5.32 Å². The summed E-state index contributed by atoms with van der Waals surface area (Å²) in [6.45, 7) is 2.84. The molecular formula is C15H25NO2S. The van der Waals surface area contributed by atoms with E-state index in [1.54, 1.807) is 7.11 Å². The molecule has 0 aliphatic heterocycles. The third-order valence-electron chi connectivity index (χ3n) is 2.78. The number of unbranched alkanes of at least 4 members (excludes halogenated alkanes) is 2. The van der Waals surface area contributed by atoms with Crippen LogP contribution in [0, 0.1) is 0 Å². The van der Waals surface area contributed by atoms with Crippen molar-refractivity contribution in [3.05, 3.63) is 29.8 Å². The van der Waals surface area contributed by atoms with Crippen LogP contribution in [0.1, 0.15) is 24.8 Å². The van der Waals surface area contributed by atoms with Gasteiger partial charge in [0, 0.05) is 31.7 Å². The number of hydrogen-bond donors (Lipinski definition) is 2. The Hall–Kier alpha value is -0.550. The molecule has 0 atom stereocenters. The van der Waals surface area contributed by atoms with E-state index >= 15 is 0 Å². The molecule has 0 bridgehead atoms. The molecule has 2 N–H and O–H groups in total. The monoisotopic (exact) mass is 283 g/mol. The summed E-state index contributed by atoms with van der Waals surface area (Å²) in [5.74, 6) is 1.13. The highest BCUT2D eigenvalue weighted by molar-refractivity contribution is 7.99. The zero-order chi connectivity index (χ0) is 13.8. The summed E-state index contributed by atoms with van der Waals surface area (Å²) < 4.78 is 5.00. The van der Waals surface area contributed by atoms with Gasteiger partial charge in [-0.2, -0.15) is 0 Å². The molecule has 0 aromatic heterocycles. The van der Waals surface area contributed by atoms with Gasteiger partial charge in [-0.15, -0.1) is 11.8 Å². The van der Waals surface area contributed by atoms with Gasteiger partial charge in [0.15, 0.2) is 0 Å². The summed E-state index contributed by atoms with van der Waals surface area (Å²) in [5, 5.41) is 12.1. The molecule has 1 aromatic carbocycles. The van der Waals surface area contributed by atoms with Crippen molar-refractivity contribution < 1.29 is 9.84 Å². The van der Waals surface area contributed by atoms with Crippen LogP contribution in [0.5, 0.6) is 0 Å². The number of aliphatic hydroxyl groups is 1. The Labute approximate surface area is 120 Å². The lowest BCUT2D eigenvalue weighted by Gasteiger charge is -2.07. The topological polar surface area (TPSA) is 41.5 Å². The Kier molecular flexibility index (Phi) is 9.81. The summed E-state index contributed by atoms with van der Waals surface area (Å²) in [5.41, 5.74) is 1.32. The van der Waals surface area contributed by atoms with Crippen LogP contribution in [-0.2, 0) is 11.3 Å². The molecule has 0 aliphatic carbocycles. The molecule has 0 radical (unpaired) electrons. The number of hydrogen-bond acceptors (Lipinski definition) is 4. The van der Waals surface area contributed by atoms with Crippen molar-refractivity contribution in [1.29, 1.82) is 0 Å². The molecule has 0 saturated heterocycles. The van der Waals surface area contributed by atoms with E-state index in [0.717, 1.165) is 38.3 Å². The van der Waals surface area contributed by atoms with Crippen LogP contribution in [0.2, 0.25) is 0 Å². The highest BCUT2D eigenvalue weighted by Gasteiger charge is 1.97. The fraction of sp³-hybridized carbons (Fsp3) is 0.600. The molecule has 19 heavy (non-hydrogen) atoms. The summed E-state index contributed by atoms with van der Waals surface area (Å²) in [4.78, 5) is 1.33. The Morgan fingerprint density at radius 2 is 2.16 bits per heavy atom. The minimum atomic E-state index is 0.313. The smallest absolute Gasteiger partial charge is 0.0587 e. The molecule has 108 valence electrons. The molecule has 0 aliphatic rings. The lowest BCUT2D eigenvalue weighted by molar-refractivity contribution is 0.199. The SMILES string of the molecule is COCCNCc1cccc(SCCCCCO)c1. The van der Waals surface area contributed by atoms with Gasteiger partial charge in [0.05, 0.1) is 6.61 Å². The molecule has 4 heteroatoms. The van der Waals surface area contributed by atoms with E-state index in [1.807, 2.05) is 11.8 Å². The van der Waals surface area contributed by atoms with Crippen molar-refractivity contribution in [3.8, 4) is 0 Å². The second kappa shape index (κ2) is 11.3. The maximum Gasteiger partial charge on any atom is 0.0587 e. The third kappa shape index (κ3) is 8.26. The second-order valence-electron chi connectivity index (χ2n) is 4.45. The van der Waals surface area contributed by atoms with Crippen molar-refractivity contribution >= 4 is 11.8 Å². The first-order valence-electron chi connectivity index (χ1n) is 6.89. The lowest BCUT2D eigenvalue weighted by atomic mass is 10.2. The first-order chi connectivity index (χ1) is 9.36. The van der Waals surface area contributed by atoms with Crippen LogP contribution >= 0.6 is 11.8 Å². The maximum atomic E-state index is 8.72. The molecule has 0 unspecified atom stereocenters. The summed E-state index contributed by atoms with van der Waals surface area (Å²) >= 11 is 1.89. The first kappa shape index (κ1) is 16.5. The quantitative estimate of drug-likeness (QED) is 0.484. The lowest BCUT2D eigenvalue weighted by Crippen LogP contribution is -2.18. The van der Waals surface area contributed by atoms with Crippen molar-refractivity contribution in [2.75, 3.05) is 32.6 Å². The Balaban J connectivity index is 2.23. The number of thioether (sulfide) groups is 1. The van der Waals surface area contributed by atoms with E-state index in [2.05, 4.69) is 29.6 Å². The number of methoxy groups -OCH3 is 1. The summed E-state index contributed by atoms with van der Waals surface area (Å²) in [6.07, 6.45) is 3.20. The average molecular weight is 283 g/mol. The average Bonchev–Trinajstić information content (AvgIpc) is 2.44. The van der Waals surface area contributed by atoms with Crippen LogP contribution in [0.25, 0.3) is 0 Å². The van der Waals surface area contributed by atoms with Crippen LogP contribution in [0.3, 0.4) is 0 Å². The van der Waals surface area contributed by atoms with Gasteiger partial charge in [0.1, 0.15) is 0 Å². The first-order valence-corrected chi connectivity index (χ1v) is 7.87. The highest BCUT2D eigenvalue weighted by Crippen LogP contribution is 2.20. The Bertz CT molecular complexity index is 334. The van der Waals surface area contributed by atoms with Gasteiger partial charge in [-0.05, 0) is 36.3 Å². The fourth-order valence-electron chi connectivity index (χ4n) is 1.73. The number of aliphatic hydroxyl groups excluding tert-OH is 1. The molecule has 1 aromatic rings. The van der Waals surface area contributed by atoms with Gasteiger partial charge in [-0.25, -0.2) is 0 Å². The molecule has 1 rings (SSSR count). The second-order valence-corrected chi connectivity index (χ2v) is 5.62. The maximum absolute atomic E-state index is 8.72. The van der Waals surface area contributed by atoms with Crippen LogP contribution in [0.4, 0.5) is 0 Å². The summed E-state index contributed by atoms with van der Waals surface area (Å²) in [6, 6.07) is 8.67. The molecule has 3 nitrogen and oxygen atoms in total. The number of benzene rings is 1. The van der Waals surface area contributed by atoms with Crippen molar-refractivity contribution in [2.45, 2.75) is 30.7 Å². The Morgan fingerprint density at radius 3 is 2.95 bits per heavy atom. The van der Waals surface area contributed by atoms with Gasteiger partial charge in [-0.1, -0.05) is 18.6 Å². The Morgan fingerprint density at radius 1 is 1.26 bits per heavy atom. The molecule has 0 amide bonds. The number of rotatable bonds is 11. The molecule has 0 fully saturated rings. The third-order valence-corrected chi connectivity index (χ3v) is 3.86. The largest absolute Gasteiger partial charge is 0.396 e. The van der Waals surface area contributed by atoms with Crippen LogP contribution in [0.15, 0.2) is 29.2 Å². The van der Waals surface area contributed by atoms with Gasteiger partial charge >= 0.3 is 0 Å². The molecule has 0 spiro atoms. The standard InChI is InChI=1S/C15H25NO2S/c1-18-10-8-16-13-14-6-5-7-15(12-14)19-11-4-2-3-9-17/h5-7,12,16-17H,2-4,8-11,13H2,1H3. The van der Waals surface area contributed by atoms with E-state index in [1.165, 1.54) is 16.9 Å². The molecular weight excluding hydrogens is 258 g/mol. The fourth-order valence-corrected chi connectivity index (χ4v) is 2.73. The van der Waals surface area contributed by atoms with Crippen molar-refractivity contribution in [2.24, 2.45) is 0 Å². The van der Waals surface area contributed by atoms with Crippen LogP contribution < -0.4 is 5.32 Å². The predicted molar refractivity (Wildman–Crippen MR) is 81.7 cm³/mol. The number of ether oxygens (including phenoxy) is 1. The van der Waals surface area contributed by atoms with Gasteiger partial charge in [0.25, 0.3) is 0 Å². The van der Waals surface area contributed by atoms with Gasteiger partial charge in [0.2, 0.25) is 0 Å². The minimum Gasteiger partial charge on any atom is -0.396 e. The summed E-state index contributed by atoms with van der Waals surface area (Å²) in [7, 11) is 1.72. The van der Waals surface area contributed by atoms with Crippen molar-refractivity contribution in [3.63, 3.8) is 0 Å². The van der Waals surface area contributed by atoms with E-state index < -0.39 is 0 Å². The van der Waals surface area contributed by atoms with E-state index in [4.69, 9.17) is 9.84 Å². The van der Waals surface area contributed by atoms with Gasteiger partial charge < -0.3 is 15.2 Å². The van der Waals surface area contributed by atoms with E-state index in [9.17, 15) is 0 Å². The van der Waals surface area contributed by atoms with E-state index in [0.29, 0.717) is 6.61 Å². The highest BCUT2D eigenvalue weighted by atomic mass is 32.2. The zero-order valence-corrected chi connectivity index (χ0v) is 12.5. The molecule has 0 heterocycles. The normalized spacial score (nSPS) is 10.8. The van der Waals surface area contributed by atoms with E-state index in [-0.39, 0.29) is 0 Å². The van der Waals surface area contributed by atoms with Gasteiger partial charge in [-0.3, -0.25) is 0 Å². The number of nitrogens with one attached hydrogen (secondary N) is 1. The molecule has 0 saturated carbocycles. The predicted octanol–water partition coefficient (Wildman–Crippen LogP) is 2.68. The van der Waals surface area contributed by atoms with Crippen LogP contribution in [-0.4, -0.2) is 37.7 Å². The zero-order valence-electron chi connectivity index (χ0n) is 11.7.